The van der Waals surface area contributed by atoms with Gasteiger partial charge in [0.1, 0.15) is 5.75 Å². The van der Waals surface area contributed by atoms with Crippen LogP contribution >= 0.6 is 0 Å². The van der Waals surface area contributed by atoms with E-state index in [0.717, 1.165) is 12.8 Å². The van der Waals surface area contributed by atoms with E-state index in [4.69, 9.17) is 0 Å². The lowest BCUT2D eigenvalue weighted by molar-refractivity contribution is 0.475. The van der Waals surface area contributed by atoms with Crippen LogP contribution in [0.25, 0.3) is 0 Å². The van der Waals surface area contributed by atoms with Crippen LogP contribution in [0.15, 0.2) is 48.5 Å². The van der Waals surface area contributed by atoms with E-state index in [1.54, 1.807) is 12.1 Å². The summed E-state index contributed by atoms with van der Waals surface area (Å²) in [6.45, 7) is 2.22. The first-order valence-electron chi connectivity index (χ1n) is 7.63. The molecule has 0 heterocycles. The Balaban J connectivity index is 1.71. The summed E-state index contributed by atoms with van der Waals surface area (Å²) in [5.41, 5.74) is 4.19. The van der Waals surface area contributed by atoms with E-state index in [2.05, 4.69) is 31.2 Å². The van der Waals surface area contributed by atoms with Crippen molar-refractivity contribution < 1.29 is 5.11 Å². The van der Waals surface area contributed by atoms with Crippen molar-refractivity contribution in [2.45, 2.75) is 45.4 Å². The minimum atomic E-state index is 0.348. The summed E-state index contributed by atoms with van der Waals surface area (Å²) < 4.78 is 0. The van der Waals surface area contributed by atoms with Crippen molar-refractivity contribution in [3.63, 3.8) is 0 Å². The normalized spacial score (nSPS) is 10.7. The number of benzene rings is 2. The maximum absolute atomic E-state index is 9.24. The van der Waals surface area contributed by atoms with E-state index in [1.807, 2.05) is 12.1 Å². The Morgan fingerprint density at radius 1 is 0.650 bits per heavy atom. The third-order valence-corrected chi connectivity index (χ3v) is 3.68. The van der Waals surface area contributed by atoms with E-state index in [0.29, 0.717) is 5.75 Å². The average Bonchev–Trinajstić information content (AvgIpc) is 2.47. The molecule has 0 bridgehead atoms. The van der Waals surface area contributed by atoms with Crippen LogP contribution in [-0.2, 0) is 19.3 Å². The molecule has 1 N–H and O–H groups in total. The number of unbranched alkanes of at least 4 members (excludes halogenated alkanes) is 1. The molecule has 1 heteroatoms. The first-order chi connectivity index (χ1) is 9.78. The van der Waals surface area contributed by atoms with Crippen molar-refractivity contribution in [2.24, 2.45) is 0 Å². The molecule has 2 rings (SSSR count). The van der Waals surface area contributed by atoms with E-state index >= 15 is 0 Å². The molecule has 2 aromatic rings. The molecule has 1 nitrogen and oxygen atoms in total. The predicted molar refractivity (Wildman–Crippen MR) is 85.2 cm³/mol. The molecule has 106 valence electrons. The zero-order valence-corrected chi connectivity index (χ0v) is 12.3. The smallest absolute Gasteiger partial charge is 0.115 e. The quantitative estimate of drug-likeness (QED) is 0.707. The molecular weight excluding hydrogens is 244 g/mol. The zero-order chi connectivity index (χ0) is 14.2. The van der Waals surface area contributed by atoms with Gasteiger partial charge in [-0.1, -0.05) is 49.7 Å². The fourth-order valence-electron chi connectivity index (χ4n) is 2.48. The van der Waals surface area contributed by atoms with Crippen molar-refractivity contribution in [3.8, 4) is 5.75 Å². The lowest BCUT2D eigenvalue weighted by Gasteiger charge is -2.04. The lowest BCUT2D eigenvalue weighted by Crippen LogP contribution is -1.90. The highest BCUT2D eigenvalue weighted by Gasteiger charge is 1.97. The topological polar surface area (TPSA) is 20.2 Å². The Labute approximate surface area is 122 Å². The van der Waals surface area contributed by atoms with Crippen LogP contribution in [0.5, 0.6) is 5.75 Å². The number of phenolic OH excluding ortho intramolecular Hbond substituents is 1. The molecule has 0 saturated carbocycles. The van der Waals surface area contributed by atoms with Gasteiger partial charge >= 0.3 is 0 Å². The SMILES string of the molecule is CCCc1ccc(CCCCc2ccc(O)cc2)cc1. The summed E-state index contributed by atoms with van der Waals surface area (Å²) in [6.07, 6.45) is 7.06. The van der Waals surface area contributed by atoms with Crippen LogP contribution in [0.2, 0.25) is 0 Å². The Bertz CT molecular complexity index is 496. The Morgan fingerprint density at radius 2 is 1.05 bits per heavy atom. The Morgan fingerprint density at radius 3 is 1.50 bits per heavy atom. The highest BCUT2D eigenvalue weighted by molar-refractivity contribution is 5.26. The third-order valence-electron chi connectivity index (χ3n) is 3.68. The van der Waals surface area contributed by atoms with Gasteiger partial charge in [0.25, 0.3) is 0 Å². The zero-order valence-electron chi connectivity index (χ0n) is 12.3. The molecule has 20 heavy (non-hydrogen) atoms. The fraction of sp³-hybridized carbons (Fsp3) is 0.368. The van der Waals surface area contributed by atoms with Gasteiger partial charge in [0.15, 0.2) is 0 Å². The van der Waals surface area contributed by atoms with Gasteiger partial charge < -0.3 is 5.11 Å². The maximum Gasteiger partial charge on any atom is 0.115 e. The molecule has 0 aliphatic rings. The van der Waals surface area contributed by atoms with Crippen LogP contribution in [-0.4, -0.2) is 5.11 Å². The number of aromatic hydroxyl groups is 1. The van der Waals surface area contributed by atoms with Gasteiger partial charge in [-0.25, -0.2) is 0 Å². The summed E-state index contributed by atoms with van der Waals surface area (Å²) in [7, 11) is 0. The molecule has 0 aliphatic heterocycles. The molecule has 0 aromatic heterocycles. The lowest BCUT2D eigenvalue weighted by atomic mass is 10.0. The van der Waals surface area contributed by atoms with Crippen molar-refractivity contribution in [2.75, 3.05) is 0 Å². The number of rotatable bonds is 7. The van der Waals surface area contributed by atoms with Gasteiger partial charge in [0, 0.05) is 0 Å². The molecule has 0 fully saturated rings. The van der Waals surface area contributed by atoms with Crippen LogP contribution in [0, 0.1) is 0 Å². The molecule has 2 aromatic carbocycles. The number of phenols is 1. The molecule has 0 atom stereocenters. The minimum Gasteiger partial charge on any atom is -0.508 e. The molecule has 0 saturated heterocycles. The Hall–Kier alpha value is -1.76. The first-order valence-corrected chi connectivity index (χ1v) is 7.63. The highest BCUT2D eigenvalue weighted by atomic mass is 16.3. The standard InChI is InChI=1S/C19H24O/c1-2-5-16-8-10-17(11-9-16)6-3-4-7-18-12-14-19(20)15-13-18/h8-15,20H,2-7H2,1H3. The molecule has 0 aliphatic carbocycles. The second kappa shape index (κ2) is 7.74. The minimum absolute atomic E-state index is 0.348. The predicted octanol–water partition coefficient (Wildman–Crippen LogP) is 4.91. The second-order valence-electron chi connectivity index (χ2n) is 5.44. The molecule has 0 unspecified atom stereocenters. The average molecular weight is 268 g/mol. The van der Waals surface area contributed by atoms with Crippen LogP contribution < -0.4 is 0 Å². The first kappa shape index (κ1) is 14.6. The summed E-state index contributed by atoms with van der Waals surface area (Å²) in [5, 5.41) is 9.24. The van der Waals surface area contributed by atoms with Crippen LogP contribution in [0.1, 0.15) is 42.9 Å². The molecule has 0 radical (unpaired) electrons. The van der Waals surface area contributed by atoms with Crippen LogP contribution in [0.4, 0.5) is 0 Å². The third kappa shape index (κ3) is 4.73. The second-order valence-corrected chi connectivity index (χ2v) is 5.44. The summed E-state index contributed by atoms with van der Waals surface area (Å²) in [4.78, 5) is 0. The van der Waals surface area contributed by atoms with Gasteiger partial charge in [0.05, 0.1) is 0 Å². The van der Waals surface area contributed by atoms with E-state index < -0.39 is 0 Å². The molecule has 0 spiro atoms. The largest absolute Gasteiger partial charge is 0.508 e. The Kier molecular flexibility index (Phi) is 5.67. The summed E-state index contributed by atoms with van der Waals surface area (Å²) >= 11 is 0. The van der Waals surface area contributed by atoms with Crippen molar-refractivity contribution in [3.05, 3.63) is 65.2 Å². The highest BCUT2D eigenvalue weighted by Crippen LogP contribution is 2.14. The molecule has 0 amide bonds. The maximum atomic E-state index is 9.24. The van der Waals surface area contributed by atoms with Gasteiger partial charge in [-0.2, -0.15) is 0 Å². The van der Waals surface area contributed by atoms with Gasteiger partial charge in [-0.15, -0.1) is 0 Å². The fourth-order valence-corrected chi connectivity index (χ4v) is 2.48. The van der Waals surface area contributed by atoms with Gasteiger partial charge in [-0.3, -0.25) is 0 Å². The number of hydrogen-bond acceptors (Lipinski definition) is 1. The van der Waals surface area contributed by atoms with Gasteiger partial charge in [-0.05, 0) is 60.9 Å². The number of aryl methyl sites for hydroxylation is 3. The van der Waals surface area contributed by atoms with E-state index in [1.165, 1.54) is 42.4 Å². The summed E-state index contributed by atoms with van der Waals surface area (Å²) in [5.74, 6) is 0.348. The van der Waals surface area contributed by atoms with Crippen molar-refractivity contribution >= 4 is 0 Å². The van der Waals surface area contributed by atoms with Crippen molar-refractivity contribution in [1.29, 1.82) is 0 Å². The number of hydrogen-bond donors (Lipinski definition) is 1. The van der Waals surface area contributed by atoms with Crippen molar-refractivity contribution in [1.82, 2.24) is 0 Å². The summed E-state index contributed by atoms with van der Waals surface area (Å²) in [6, 6.07) is 16.6. The van der Waals surface area contributed by atoms with E-state index in [-0.39, 0.29) is 0 Å². The van der Waals surface area contributed by atoms with Gasteiger partial charge in [0.2, 0.25) is 0 Å². The van der Waals surface area contributed by atoms with Crippen LogP contribution in [0.3, 0.4) is 0 Å². The monoisotopic (exact) mass is 268 g/mol. The molecular formula is C19H24O. The van der Waals surface area contributed by atoms with E-state index in [9.17, 15) is 5.11 Å².